The van der Waals surface area contributed by atoms with Gasteiger partial charge in [-0.15, -0.1) is 0 Å². The van der Waals surface area contributed by atoms with Crippen molar-refractivity contribution in [2.75, 3.05) is 0 Å². The smallest absolute Gasteiger partial charge is 0.125 e. The molecule has 0 aromatic heterocycles. The van der Waals surface area contributed by atoms with Crippen LogP contribution in [0.25, 0.3) is 0 Å². The van der Waals surface area contributed by atoms with Crippen LogP contribution in [0, 0.1) is 32.1 Å². The minimum atomic E-state index is 0.501. The lowest BCUT2D eigenvalue weighted by Gasteiger charge is -2.15. The van der Waals surface area contributed by atoms with Crippen LogP contribution in [-0.2, 0) is 13.2 Å². The summed E-state index contributed by atoms with van der Waals surface area (Å²) in [5.74, 6) is 0.913. The van der Waals surface area contributed by atoms with E-state index in [1.54, 1.807) is 0 Å². The highest BCUT2D eigenvalue weighted by atomic mass is 16.5. The van der Waals surface area contributed by atoms with Crippen molar-refractivity contribution in [2.45, 2.75) is 33.9 Å². The summed E-state index contributed by atoms with van der Waals surface area (Å²) in [4.78, 5) is 0. The Hall–Kier alpha value is -2.31. The van der Waals surface area contributed by atoms with Crippen LogP contribution >= 0.6 is 0 Å². The van der Waals surface area contributed by atoms with E-state index in [1.807, 2.05) is 39.0 Å². The maximum absolute atomic E-state index is 8.89. The summed E-state index contributed by atoms with van der Waals surface area (Å²) in [5.41, 5.74) is 11.8. The van der Waals surface area contributed by atoms with Crippen molar-refractivity contribution in [3.8, 4) is 11.8 Å². The second kappa shape index (κ2) is 6.43. The molecule has 0 spiro atoms. The molecule has 0 unspecified atom stereocenters. The Bertz CT molecular complexity index is 676. The molecule has 2 aromatic rings. The number of benzene rings is 2. The minimum Gasteiger partial charge on any atom is -0.488 e. The van der Waals surface area contributed by atoms with E-state index in [-0.39, 0.29) is 0 Å². The van der Waals surface area contributed by atoms with Crippen molar-refractivity contribution >= 4 is 0 Å². The van der Waals surface area contributed by atoms with E-state index in [2.05, 4.69) is 18.2 Å². The third-order valence-corrected chi connectivity index (χ3v) is 3.60. The van der Waals surface area contributed by atoms with Crippen LogP contribution in [0.2, 0.25) is 0 Å². The fraction of sp³-hybridized carbons (Fsp3) is 0.278. The first kappa shape index (κ1) is 15.1. The molecule has 21 heavy (non-hydrogen) atoms. The quantitative estimate of drug-likeness (QED) is 0.932. The summed E-state index contributed by atoms with van der Waals surface area (Å²) >= 11 is 0. The van der Waals surface area contributed by atoms with Crippen molar-refractivity contribution in [3.05, 3.63) is 63.7 Å². The molecular formula is C18H20N2O. The summed E-state index contributed by atoms with van der Waals surface area (Å²) in [6, 6.07) is 11.9. The molecular weight excluding hydrogens is 260 g/mol. The zero-order valence-electron chi connectivity index (χ0n) is 12.7. The van der Waals surface area contributed by atoms with Crippen LogP contribution in [0.15, 0.2) is 30.3 Å². The molecule has 2 aromatic carbocycles. The van der Waals surface area contributed by atoms with Crippen molar-refractivity contribution in [3.63, 3.8) is 0 Å². The number of nitrogens with two attached hydrogens (primary N) is 1. The van der Waals surface area contributed by atoms with Crippen LogP contribution < -0.4 is 10.5 Å². The van der Waals surface area contributed by atoms with Gasteiger partial charge in [0.2, 0.25) is 0 Å². The van der Waals surface area contributed by atoms with Crippen LogP contribution in [0.4, 0.5) is 0 Å². The fourth-order valence-electron chi connectivity index (χ4n) is 2.46. The average molecular weight is 280 g/mol. The van der Waals surface area contributed by atoms with Gasteiger partial charge in [-0.3, -0.25) is 0 Å². The van der Waals surface area contributed by atoms with Gasteiger partial charge in [0.15, 0.2) is 0 Å². The molecule has 3 nitrogen and oxygen atoms in total. The van der Waals surface area contributed by atoms with Gasteiger partial charge in [-0.25, -0.2) is 0 Å². The van der Waals surface area contributed by atoms with E-state index in [1.165, 1.54) is 0 Å². The summed E-state index contributed by atoms with van der Waals surface area (Å²) in [6.07, 6.45) is 0. The molecule has 108 valence electrons. The third kappa shape index (κ3) is 3.42. The van der Waals surface area contributed by atoms with Crippen molar-refractivity contribution in [2.24, 2.45) is 5.73 Å². The molecule has 0 atom stereocenters. The van der Waals surface area contributed by atoms with Gasteiger partial charge >= 0.3 is 0 Å². The van der Waals surface area contributed by atoms with E-state index in [9.17, 15) is 0 Å². The Kier molecular flexibility index (Phi) is 4.62. The third-order valence-electron chi connectivity index (χ3n) is 3.60. The van der Waals surface area contributed by atoms with E-state index >= 15 is 0 Å². The number of nitrogens with zero attached hydrogens (tertiary/aromatic N) is 1. The molecule has 0 heterocycles. The number of rotatable bonds is 4. The molecule has 0 radical (unpaired) electrons. The zero-order valence-corrected chi connectivity index (χ0v) is 12.7. The number of hydrogen-bond acceptors (Lipinski definition) is 3. The second-order valence-electron chi connectivity index (χ2n) is 5.30. The van der Waals surface area contributed by atoms with Gasteiger partial charge in [0.25, 0.3) is 0 Å². The number of ether oxygens (including phenoxy) is 1. The van der Waals surface area contributed by atoms with Gasteiger partial charge in [-0.1, -0.05) is 18.2 Å². The maximum Gasteiger partial charge on any atom is 0.125 e. The highest BCUT2D eigenvalue weighted by Gasteiger charge is 2.08. The molecule has 2 rings (SSSR count). The Labute approximate surface area is 126 Å². The molecule has 0 saturated carbocycles. The van der Waals surface area contributed by atoms with E-state index in [4.69, 9.17) is 15.7 Å². The molecule has 0 aliphatic heterocycles. The van der Waals surface area contributed by atoms with Crippen molar-refractivity contribution in [1.82, 2.24) is 0 Å². The molecule has 3 heteroatoms. The molecule has 0 bridgehead atoms. The maximum atomic E-state index is 8.89. The SMILES string of the molecule is Cc1cc(C#N)ccc1COc1c(C)cc(CN)cc1C. The Morgan fingerprint density at radius 3 is 2.24 bits per heavy atom. The fourth-order valence-corrected chi connectivity index (χ4v) is 2.46. The summed E-state index contributed by atoms with van der Waals surface area (Å²) in [5, 5.41) is 8.89. The molecule has 2 N–H and O–H groups in total. The van der Waals surface area contributed by atoms with Crippen molar-refractivity contribution < 1.29 is 4.74 Å². The molecule has 0 aliphatic carbocycles. The molecule has 0 saturated heterocycles. The Morgan fingerprint density at radius 2 is 1.71 bits per heavy atom. The van der Waals surface area contributed by atoms with E-state index in [0.717, 1.165) is 33.6 Å². The standard InChI is InChI=1S/C18H20N2O/c1-12-6-15(9-19)4-5-17(12)11-21-18-13(2)7-16(10-20)8-14(18)3/h4-8H,10-11,20H2,1-3H3. The van der Waals surface area contributed by atoms with Crippen LogP contribution in [0.5, 0.6) is 5.75 Å². The lowest BCUT2D eigenvalue weighted by molar-refractivity contribution is 0.301. The topological polar surface area (TPSA) is 59.0 Å². The zero-order chi connectivity index (χ0) is 15.4. The Morgan fingerprint density at radius 1 is 1.05 bits per heavy atom. The molecule has 0 aliphatic rings. The Balaban J connectivity index is 2.19. The van der Waals surface area contributed by atoms with Gasteiger partial charge in [0.1, 0.15) is 12.4 Å². The van der Waals surface area contributed by atoms with Gasteiger partial charge < -0.3 is 10.5 Å². The molecule has 0 fully saturated rings. The monoisotopic (exact) mass is 280 g/mol. The molecule has 0 amide bonds. The van der Waals surface area contributed by atoms with Gasteiger partial charge in [-0.05, 0) is 60.7 Å². The predicted octanol–water partition coefficient (Wildman–Crippen LogP) is 3.52. The lowest BCUT2D eigenvalue weighted by Crippen LogP contribution is -2.03. The average Bonchev–Trinajstić information content (AvgIpc) is 2.47. The van der Waals surface area contributed by atoms with Gasteiger partial charge in [0.05, 0.1) is 11.6 Å². The first-order chi connectivity index (χ1) is 10.0. The number of hydrogen-bond donors (Lipinski definition) is 1. The summed E-state index contributed by atoms with van der Waals surface area (Å²) in [7, 11) is 0. The largest absolute Gasteiger partial charge is 0.488 e. The predicted molar refractivity (Wildman–Crippen MR) is 84.0 cm³/mol. The van der Waals surface area contributed by atoms with Gasteiger partial charge in [0, 0.05) is 6.54 Å². The summed E-state index contributed by atoms with van der Waals surface area (Å²) in [6.45, 7) is 7.11. The van der Waals surface area contributed by atoms with Gasteiger partial charge in [-0.2, -0.15) is 5.26 Å². The highest BCUT2D eigenvalue weighted by molar-refractivity contribution is 5.44. The lowest BCUT2D eigenvalue weighted by atomic mass is 10.0. The summed E-state index contributed by atoms with van der Waals surface area (Å²) < 4.78 is 5.98. The van der Waals surface area contributed by atoms with Crippen LogP contribution in [0.3, 0.4) is 0 Å². The first-order valence-corrected chi connectivity index (χ1v) is 6.97. The first-order valence-electron chi connectivity index (χ1n) is 6.97. The van der Waals surface area contributed by atoms with Crippen LogP contribution in [0.1, 0.15) is 33.4 Å². The second-order valence-corrected chi connectivity index (χ2v) is 5.30. The van der Waals surface area contributed by atoms with E-state index in [0.29, 0.717) is 18.7 Å². The number of aryl methyl sites for hydroxylation is 3. The van der Waals surface area contributed by atoms with Crippen molar-refractivity contribution in [1.29, 1.82) is 5.26 Å². The van der Waals surface area contributed by atoms with Crippen LogP contribution in [-0.4, -0.2) is 0 Å². The normalized spacial score (nSPS) is 10.2. The minimum absolute atomic E-state index is 0.501. The van der Waals surface area contributed by atoms with E-state index < -0.39 is 0 Å². The highest BCUT2D eigenvalue weighted by Crippen LogP contribution is 2.26. The number of nitriles is 1.